The highest BCUT2D eigenvalue weighted by Crippen LogP contribution is 2.21. The van der Waals surface area contributed by atoms with Crippen LogP contribution in [0.5, 0.6) is 0 Å². The van der Waals surface area contributed by atoms with Gasteiger partial charge in [0.1, 0.15) is 24.4 Å². The van der Waals surface area contributed by atoms with Crippen molar-refractivity contribution in [2.24, 2.45) is 5.11 Å². The first kappa shape index (κ1) is 11.2. The minimum absolute atomic E-state index is 0.539. The van der Waals surface area contributed by atoms with Crippen molar-refractivity contribution < 1.29 is 25.2 Å². The Balaban J connectivity index is 2.77. The van der Waals surface area contributed by atoms with Gasteiger partial charge in [0.15, 0.2) is 6.23 Å². The van der Waals surface area contributed by atoms with Crippen LogP contribution >= 0.6 is 0 Å². The van der Waals surface area contributed by atoms with Crippen LogP contribution in [0, 0.1) is 0 Å². The maximum Gasteiger partial charge on any atom is 0.165 e. The van der Waals surface area contributed by atoms with Crippen LogP contribution in [0.3, 0.4) is 0 Å². The molecule has 0 aromatic heterocycles. The van der Waals surface area contributed by atoms with Crippen molar-refractivity contribution >= 4 is 0 Å². The lowest BCUT2D eigenvalue weighted by atomic mass is 9.99. The zero-order chi connectivity index (χ0) is 10.7. The van der Waals surface area contributed by atoms with E-state index in [0.29, 0.717) is 0 Å². The molecule has 0 aromatic carbocycles. The molecule has 1 saturated heterocycles. The summed E-state index contributed by atoms with van der Waals surface area (Å²) < 4.78 is 4.84. The average Bonchev–Trinajstić information content (AvgIpc) is 2.19. The molecule has 8 heteroatoms. The fraction of sp³-hybridized carbons (Fsp3) is 1.00. The number of aliphatic hydroxyl groups is 4. The first-order valence-corrected chi connectivity index (χ1v) is 3.96. The summed E-state index contributed by atoms with van der Waals surface area (Å²) in [6.45, 7) is -0.539. The zero-order valence-corrected chi connectivity index (χ0v) is 7.13. The quantitative estimate of drug-likeness (QED) is 0.237. The lowest BCUT2D eigenvalue weighted by Gasteiger charge is -2.37. The maximum atomic E-state index is 9.27. The third-order valence-electron chi connectivity index (χ3n) is 2.03. The van der Waals surface area contributed by atoms with E-state index in [9.17, 15) is 15.3 Å². The predicted molar refractivity (Wildman–Crippen MR) is 42.9 cm³/mol. The van der Waals surface area contributed by atoms with Gasteiger partial charge in [-0.1, -0.05) is 5.11 Å². The van der Waals surface area contributed by atoms with E-state index >= 15 is 0 Å². The molecule has 0 amide bonds. The van der Waals surface area contributed by atoms with Gasteiger partial charge >= 0.3 is 0 Å². The van der Waals surface area contributed by atoms with E-state index in [-0.39, 0.29) is 0 Å². The molecular weight excluding hydrogens is 194 g/mol. The van der Waals surface area contributed by atoms with Crippen LogP contribution in [0.4, 0.5) is 0 Å². The van der Waals surface area contributed by atoms with Gasteiger partial charge in [-0.05, 0) is 5.53 Å². The third-order valence-corrected chi connectivity index (χ3v) is 2.03. The van der Waals surface area contributed by atoms with Crippen molar-refractivity contribution in [1.29, 1.82) is 0 Å². The second-order valence-electron chi connectivity index (χ2n) is 2.92. The largest absolute Gasteiger partial charge is 0.394 e. The first-order valence-electron chi connectivity index (χ1n) is 3.96. The van der Waals surface area contributed by atoms with Gasteiger partial charge in [0.05, 0.1) is 6.61 Å². The normalized spacial score (nSPS) is 43.0. The van der Waals surface area contributed by atoms with E-state index in [1.54, 1.807) is 0 Å². The molecule has 14 heavy (non-hydrogen) atoms. The Kier molecular flexibility index (Phi) is 3.64. The van der Waals surface area contributed by atoms with Gasteiger partial charge in [0.25, 0.3) is 0 Å². The summed E-state index contributed by atoms with van der Waals surface area (Å²) in [4.78, 5) is 2.40. The van der Waals surface area contributed by atoms with Crippen LogP contribution in [-0.2, 0) is 4.74 Å². The highest BCUT2D eigenvalue weighted by Gasteiger charge is 2.42. The number of ether oxygens (including phenoxy) is 1. The highest BCUT2D eigenvalue weighted by atomic mass is 16.6. The third kappa shape index (κ3) is 1.95. The van der Waals surface area contributed by atoms with Gasteiger partial charge in [-0.15, -0.1) is 0 Å². The summed E-state index contributed by atoms with van der Waals surface area (Å²) >= 11 is 0. The number of hydrogen-bond donors (Lipinski definition) is 4. The number of rotatable bonds is 2. The first-order chi connectivity index (χ1) is 6.61. The Bertz CT molecular complexity index is 242. The number of nitrogens with zero attached hydrogens (tertiary/aromatic N) is 3. The van der Waals surface area contributed by atoms with E-state index in [1.807, 2.05) is 0 Å². The molecule has 0 saturated carbocycles. The Morgan fingerprint density at radius 3 is 2.36 bits per heavy atom. The van der Waals surface area contributed by atoms with Crippen molar-refractivity contribution in [1.82, 2.24) is 0 Å². The fourth-order valence-electron chi connectivity index (χ4n) is 1.23. The molecular formula is C6H11N3O5. The Morgan fingerprint density at radius 1 is 1.21 bits per heavy atom. The van der Waals surface area contributed by atoms with E-state index < -0.39 is 37.3 Å². The molecule has 5 atom stereocenters. The van der Waals surface area contributed by atoms with Crippen LogP contribution in [0.1, 0.15) is 0 Å². The number of azide groups is 1. The molecule has 0 aliphatic carbocycles. The molecule has 0 spiro atoms. The minimum atomic E-state index is -1.50. The molecule has 1 rings (SSSR count). The monoisotopic (exact) mass is 205 g/mol. The van der Waals surface area contributed by atoms with E-state index in [0.717, 1.165) is 0 Å². The summed E-state index contributed by atoms with van der Waals surface area (Å²) in [7, 11) is 0. The molecule has 1 aliphatic rings. The van der Waals surface area contributed by atoms with Gasteiger partial charge in [-0.3, -0.25) is 0 Å². The lowest BCUT2D eigenvalue weighted by Crippen LogP contribution is -2.57. The summed E-state index contributed by atoms with van der Waals surface area (Å²) in [5, 5.41) is 39.6. The molecule has 4 N–H and O–H groups in total. The second kappa shape index (κ2) is 4.56. The molecule has 1 aliphatic heterocycles. The van der Waals surface area contributed by atoms with E-state index in [1.165, 1.54) is 0 Å². The topological polar surface area (TPSA) is 139 Å². The van der Waals surface area contributed by atoms with Crippen molar-refractivity contribution in [2.45, 2.75) is 30.6 Å². The number of aliphatic hydroxyl groups excluding tert-OH is 4. The van der Waals surface area contributed by atoms with Crippen molar-refractivity contribution in [3.63, 3.8) is 0 Å². The Labute approximate surface area is 79.0 Å². The minimum Gasteiger partial charge on any atom is -0.394 e. The van der Waals surface area contributed by atoms with Crippen molar-refractivity contribution in [2.75, 3.05) is 6.61 Å². The van der Waals surface area contributed by atoms with Crippen molar-refractivity contribution in [3.8, 4) is 0 Å². The van der Waals surface area contributed by atoms with Crippen LogP contribution in [0.25, 0.3) is 10.4 Å². The molecule has 0 aromatic rings. The zero-order valence-electron chi connectivity index (χ0n) is 7.13. The predicted octanol–water partition coefficient (Wildman–Crippen LogP) is -1.90. The highest BCUT2D eigenvalue weighted by molar-refractivity contribution is 4.90. The molecule has 5 unspecified atom stereocenters. The maximum absolute atomic E-state index is 9.27. The Hall–Kier alpha value is -0.890. The smallest absolute Gasteiger partial charge is 0.165 e. The van der Waals surface area contributed by atoms with Crippen LogP contribution in [-0.4, -0.2) is 57.7 Å². The van der Waals surface area contributed by atoms with Gasteiger partial charge in [0.2, 0.25) is 0 Å². The fourth-order valence-corrected chi connectivity index (χ4v) is 1.23. The molecule has 8 nitrogen and oxygen atoms in total. The molecule has 0 radical (unpaired) electrons. The second-order valence-corrected chi connectivity index (χ2v) is 2.92. The SMILES string of the molecule is [N-]=[N+]=NC1OC(CO)C(O)C(O)C1O. The lowest BCUT2D eigenvalue weighted by molar-refractivity contribution is -0.227. The summed E-state index contributed by atoms with van der Waals surface area (Å²) in [5.74, 6) is 0. The molecule has 1 heterocycles. The molecule has 0 bridgehead atoms. The average molecular weight is 205 g/mol. The van der Waals surface area contributed by atoms with Crippen LogP contribution in [0.2, 0.25) is 0 Å². The van der Waals surface area contributed by atoms with Gasteiger partial charge in [-0.2, -0.15) is 0 Å². The Morgan fingerprint density at radius 2 is 1.86 bits per heavy atom. The van der Waals surface area contributed by atoms with Gasteiger partial charge in [-0.25, -0.2) is 0 Å². The number of hydrogen-bond acceptors (Lipinski definition) is 6. The molecule has 1 fully saturated rings. The van der Waals surface area contributed by atoms with E-state index in [4.69, 9.17) is 15.4 Å². The van der Waals surface area contributed by atoms with Gasteiger partial charge < -0.3 is 25.2 Å². The summed E-state index contributed by atoms with van der Waals surface area (Å²) in [6.07, 6.45) is -6.76. The van der Waals surface area contributed by atoms with Crippen LogP contribution in [0.15, 0.2) is 5.11 Å². The van der Waals surface area contributed by atoms with E-state index in [2.05, 4.69) is 10.0 Å². The summed E-state index contributed by atoms with van der Waals surface area (Å²) in [5.41, 5.74) is 8.11. The van der Waals surface area contributed by atoms with Crippen molar-refractivity contribution in [3.05, 3.63) is 10.4 Å². The molecule has 80 valence electrons. The summed E-state index contributed by atoms with van der Waals surface area (Å²) in [6, 6.07) is 0. The standard InChI is InChI=1S/C6H11N3O5/c7-9-8-6-5(13)4(12)3(11)2(1-10)14-6/h2-6,10-13H,1H2. The van der Waals surface area contributed by atoms with Gasteiger partial charge in [0, 0.05) is 4.91 Å². The van der Waals surface area contributed by atoms with Crippen LogP contribution < -0.4 is 0 Å².